The molecule has 2 aromatic carbocycles. The number of hydrogen-bond donors (Lipinski definition) is 5. The summed E-state index contributed by atoms with van der Waals surface area (Å²) in [6.07, 6.45) is 6.19. The lowest BCUT2D eigenvalue weighted by Gasteiger charge is -2.14. The van der Waals surface area contributed by atoms with Crippen molar-refractivity contribution in [2.24, 2.45) is 5.14 Å². The maximum Gasteiger partial charge on any atom is 0.213 e. The van der Waals surface area contributed by atoms with Crippen molar-refractivity contribution in [1.29, 1.82) is 0 Å². The van der Waals surface area contributed by atoms with Gasteiger partial charge < -0.3 is 25.4 Å². The van der Waals surface area contributed by atoms with Gasteiger partial charge in [-0.1, -0.05) is 43.2 Å². The van der Waals surface area contributed by atoms with Crippen LogP contribution in [0.2, 0.25) is 0 Å². The highest BCUT2D eigenvalue weighted by molar-refractivity contribution is 7.88. The summed E-state index contributed by atoms with van der Waals surface area (Å²) < 4.78 is 28.5. The van der Waals surface area contributed by atoms with E-state index in [2.05, 4.69) is 5.32 Å². The first-order valence-electron chi connectivity index (χ1n) is 12.3. The molecule has 0 saturated heterocycles. The Morgan fingerprint density at radius 2 is 1.60 bits per heavy atom. The van der Waals surface area contributed by atoms with E-state index in [0.29, 0.717) is 24.3 Å². The van der Waals surface area contributed by atoms with Crippen LogP contribution in [-0.4, -0.2) is 50.0 Å². The molecular formula is C26H40N2O6S. The molecule has 1 atom stereocenters. The Balaban J connectivity index is 1.45. The highest BCUT2D eigenvalue weighted by atomic mass is 32.2. The van der Waals surface area contributed by atoms with Gasteiger partial charge in [0, 0.05) is 25.3 Å². The zero-order valence-electron chi connectivity index (χ0n) is 20.4. The Hall–Kier alpha value is -2.01. The number of unbranched alkanes of at least 4 members (excludes halogenated alkanes) is 4. The average Bonchev–Trinajstić information content (AvgIpc) is 2.82. The molecule has 0 aliphatic heterocycles. The molecule has 6 N–H and O–H groups in total. The average molecular weight is 509 g/mol. The molecule has 0 aliphatic carbocycles. The summed E-state index contributed by atoms with van der Waals surface area (Å²) in [5.74, 6) is -0.0938. The molecule has 0 radical (unpaired) electrons. The SMILES string of the molecule is NS(=O)(=O)Cc1ccccc1CCCCOCCCCCCNC[C@H](O)c1ccc(O)c(CO)c1. The van der Waals surface area contributed by atoms with Gasteiger partial charge in [-0.15, -0.1) is 0 Å². The number of aromatic hydroxyl groups is 1. The van der Waals surface area contributed by atoms with E-state index < -0.39 is 16.1 Å². The third-order valence-corrected chi connectivity index (χ3v) is 6.56. The standard InChI is InChI=1S/C26H40N2O6S/c27-35(32,33)20-23-11-4-3-9-21(23)10-5-8-16-34-15-7-2-1-6-14-28-18-26(31)22-12-13-25(30)24(17-22)19-29/h3-4,9,11-13,17,26,28-31H,1-2,5-8,10,14-16,18-20H2,(H2,27,32,33)/t26-/m0/s1. The van der Waals surface area contributed by atoms with Crippen LogP contribution in [0.5, 0.6) is 5.75 Å². The Kier molecular flexibility index (Phi) is 13.3. The zero-order valence-corrected chi connectivity index (χ0v) is 21.2. The van der Waals surface area contributed by atoms with Crippen LogP contribution in [0, 0.1) is 0 Å². The zero-order chi connectivity index (χ0) is 25.5. The second-order valence-electron chi connectivity index (χ2n) is 8.83. The fourth-order valence-electron chi connectivity index (χ4n) is 3.88. The van der Waals surface area contributed by atoms with Gasteiger partial charge in [0.1, 0.15) is 5.75 Å². The molecule has 0 saturated carbocycles. The lowest BCUT2D eigenvalue weighted by molar-refractivity contribution is 0.126. The molecular weight excluding hydrogens is 468 g/mol. The maximum absolute atomic E-state index is 11.4. The number of aliphatic hydroxyl groups is 2. The first-order chi connectivity index (χ1) is 16.8. The minimum absolute atomic E-state index is 0.0315. The molecule has 0 unspecified atom stereocenters. The topological polar surface area (TPSA) is 142 Å². The number of benzene rings is 2. The predicted molar refractivity (Wildman–Crippen MR) is 137 cm³/mol. The summed E-state index contributed by atoms with van der Waals surface area (Å²) in [6, 6.07) is 12.3. The molecule has 0 aromatic heterocycles. The summed E-state index contributed by atoms with van der Waals surface area (Å²) in [5, 5.41) is 37.5. The van der Waals surface area contributed by atoms with Crippen molar-refractivity contribution in [3.8, 4) is 5.75 Å². The lowest BCUT2D eigenvalue weighted by Crippen LogP contribution is -2.22. The lowest BCUT2D eigenvalue weighted by atomic mass is 10.0. The second kappa shape index (κ2) is 15.9. The summed E-state index contributed by atoms with van der Waals surface area (Å²) in [6.45, 7) is 2.41. The number of aliphatic hydroxyl groups excluding tert-OH is 2. The van der Waals surface area contributed by atoms with Gasteiger partial charge in [0.2, 0.25) is 10.0 Å². The molecule has 0 fully saturated rings. The molecule has 8 nitrogen and oxygen atoms in total. The Labute approximate surface area is 209 Å². The molecule has 0 heterocycles. The summed E-state index contributed by atoms with van der Waals surface area (Å²) >= 11 is 0. The van der Waals surface area contributed by atoms with Crippen LogP contribution in [0.1, 0.15) is 66.9 Å². The van der Waals surface area contributed by atoms with E-state index in [0.717, 1.165) is 69.2 Å². The van der Waals surface area contributed by atoms with Gasteiger partial charge in [0.15, 0.2) is 0 Å². The molecule has 35 heavy (non-hydrogen) atoms. The van der Waals surface area contributed by atoms with Crippen molar-refractivity contribution in [3.05, 3.63) is 64.7 Å². The van der Waals surface area contributed by atoms with Crippen LogP contribution < -0.4 is 10.5 Å². The molecule has 0 amide bonds. The van der Waals surface area contributed by atoms with Crippen LogP contribution in [0.3, 0.4) is 0 Å². The third kappa shape index (κ3) is 12.0. The normalized spacial score (nSPS) is 12.7. The minimum atomic E-state index is -3.53. The Morgan fingerprint density at radius 3 is 2.31 bits per heavy atom. The monoisotopic (exact) mass is 508 g/mol. The van der Waals surface area contributed by atoms with E-state index in [4.69, 9.17) is 9.88 Å². The van der Waals surface area contributed by atoms with Crippen molar-refractivity contribution in [2.45, 2.75) is 63.4 Å². The number of rotatable bonds is 18. The molecule has 2 aromatic rings. The summed E-state index contributed by atoms with van der Waals surface area (Å²) in [5.41, 5.74) is 2.88. The number of primary sulfonamides is 1. The van der Waals surface area contributed by atoms with Crippen molar-refractivity contribution in [1.82, 2.24) is 5.32 Å². The molecule has 0 aliphatic rings. The van der Waals surface area contributed by atoms with Crippen LogP contribution in [-0.2, 0) is 33.5 Å². The van der Waals surface area contributed by atoms with Crippen LogP contribution in [0.15, 0.2) is 42.5 Å². The van der Waals surface area contributed by atoms with Crippen LogP contribution in [0.25, 0.3) is 0 Å². The Morgan fingerprint density at radius 1 is 0.914 bits per heavy atom. The summed E-state index contributed by atoms with van der Waals surface area (Å²) in [4.78, 5) is 0. The number of nitrogens with two attached hydrogens (primary N) is 1. The van der Waals surface area contributed by atoms with Crippen molar-refractivity contribution < 1.29 is 28.5 Å². The number of phenols is 1. The fraction of sp³-hybridized carbons (Fsp3) is 0.538. The van der Waals surface area contributed by atoms with Gasteiger partial charge in [-0.05, 0) is 67.5 Å². The molecule has 196 valence electrons. The van der Waals surface area contributed by atoms with Gasteiger partial charge in [-0.25, -0.2) is 13.6 Å². The van der Waals surface area contributed by atoms with Gasteiger partial charge in [0.05, 0.1) is 18.5 Å². The maximum atomic E-state index is 11.4. The molecule has 0 spiro atoms. The van der Waals surface area contributed by atoms with Gasteiger partial charge in [0.25, 0.3) is 0 Å². The van der Waals surface area contributed by atoms with E-state index in [-0.39, 0.29) is 18.1 Å². The highest BCUT2D eigenvalue weighted by Gasteiger charge is 2.10. The van der Waals surface area contributed by atoms with E-state index in [1.165, 1.54) is 6.07 Å². The Bertz CT molecular complexity index is 984. The van der Waals surface area contributed by atoms with Gasteiger partial charge >= 0.3 is 0 Å². The number of nitrogens with one attached hydrogen (secondary N) is 1. The number of aryl methyl sites for hydroxylation is 1. The highest BCUT2D eigenvalue weighted by Crippen LogP contribution is 2.22. The first kappa shape index (κ1) is 29.2. The quantitative estimate of drug-likeness (QED) is 0.195. The number of ether oxygens (including phenoxy) is 1. The van der Waals surface area contributed by atoms with Crippen molar-refractivity contribution in [3.63, 3.8) is 0 Å². The van der Waals surface area contributed by atoms with E-state index >= 15 is 0 Å². The van der Waals surface area contributed by atoms with Crippen LogP contribution >= 0.6 is 0 Å². The van der Waals surface area contributed by atoms with E-state index in [1.54, 1.807) is 12.1 Å². The molecule has 2 rings (SSSR count). The van der Waals surface area contributed by atoms with E-state index in [1.807, 2.05) is 24.3 Å². The van der Waals surface area contributed by atoms with Crippen molar-refractivity contribution in [2.75, 3.05) is 26.3 Å². The molecule has 0 bridgehead atoms. The third-order valence-electron chi connectivity index (χ3n) is 5.85. The first-order valence-corrected chi connectivity index (χ1v) is 14.0. The largest absolute Gasteiger partial charge is 0.508 e. The molecule has 9 heteroatoms. The van der Waals surface area contributed by atoms with Gasteiger partial charge in [-0.3, -0.25) is 0 Å². The fourth-order valence-corrected chi connectivity index (χ4v) is 4.60. The van der Waals surface area contributed by atoms with E-state index in [9.17, 15) is 23.7 Å². The van der Waals surface area contributed by atoms with Crippen molar-refractivity contribution >= 4 is 10.0 Å². The van der Waals surface area contributed by atoms with Crippen LogP contribution in [0.4, 0.5) is 0 Å². The minimum Gasteiger partial charge on any atom is -0.508 e. The summed E-state index contributed by atoms with van der Waals surface area (Å²) in [7, 11) is -3.53. The second-order valence-corrected chi connectivity index (χ2v) is 10.4. The predicted octanol–water partition coefficient (Wildman–Crippen LogP) is 2.90. The number of sulfonamides is 1. The number of hydrogen-bond acceptors (Lipinski definition) is 7. The smallest absolute Gasteiger partial charge is 0.213 e. The van der Waals surface area contributed by atoms with Gasteiger partial charge in [-0.2, -0.15) is 0 Å².